The average Bonchev–Trinajstić information content (AvgIpc) is 2.74. The molecule has 0 spiro atoms. The number of carboxylic acids is 1. The maximum atomic E-state index is 10.8. The third-order valence-corrected chi connectivity index (χ3v) is 8.62. The van der Waals surface area contributed by atoms with Crippen molar-refractivity contribution in [3.8, 4) is 0 Å². The SMILES string of the molecule is CCCCCCCCCCCCCCC([Se]c1ccccc1)C(O)CCCC(=O)O. The van der Waals surface area contributed by atoms with Crippen LogP contribution in [0.15, 0.2) is 30.3 Å². The molecule has 0 saturated carbocycles. The molecule has 1 aromatic rings. The molecule has 0 heterocycles. The van der Waals surface area contributed by atoms with Gasteiger partial charge in [-0.2, -0.15) is 0 Å². The molecule has 0 saturated heterocycles. The van der Waals surface area contributed by atoms with Gasteiger partial charge in [0.05, 0.1) is 0 Å². The van der Waals surface area contributed by atoms with E-state index in [1.54, 1.807) is 0 Å². The van der Waals surface area contributed by atoms with Gasteiger partial charge >= 0.3 is 172 Å². The van der Waals surface area contributed by atoms with Crippen LogP contribution in [0.4, 0.5) is 0 Å². The van der Waals surface area contributed by atoms with Gasteiger partial charge in [0.1, 0.15) is 0 Å². The zero-order valence-corrected chi connectivity index (χ0v) is 20.8. The van der Waals surface area contributed by atoms with E-state index in [-0.39, 0.29) is 32.3 Å². The molecule has 0 amide bonds. The number of aliphatic hydroxyl groups excluding tert-OH is 1. The van der Waals surface area contributed by atoms with Crippen molar-refractivity contribution in [3.63, 3.8) is 0 Å². The number of hydrogen-bond donors (Lipinski definition) is 2. The zero-order valence-electron chi connectivity index (χ0n) is 19.1. The Hall–Kier alpha value is -0.831. The summed E-state index contributed by atoms with van der Waals surface area (Å²) in [4.78, 5) is 11.0. The summed E-state index contributed by atoms with van der Waals surface area (Å²) in [6.45, 7) is 2.27. The summed E-state index contributed by atoms with van der Waals surface area (Å²) < 4.78 is 1.33. The monoisotopic (exact) mass is 484 g/mol. The van der Waals surface area contributed by atoms with Crippen molar-refractivity contribution < 1.29 is 15.0 Å². The van der Waals surface area contributed by atoms with Gasteiger partial charge in [-0.25, -0.2) is 0 Å². The second-order valence-electron chi connectivity index (χ2n) is 8.50. The number of benzene rings is 1. The molecule has 1 rings (SSSR count). The van der Waals surface area contributed by atoms with Gasteiger partial charge in [-0.3, -0.25) is 0 Å². The summed E-state index contributed by atoms with van der Waals surface area (Å²) in [5.41, 5.74) is 0. The van der Waals surface area contributed by atoms with Crippen LogP contribution in [-0.2, 0) is 4.79 Å². The van der Waals surface area contributed by atoms with Crippen molar-refractivity contribution in [1.82, 2.24) is 0 Å². The quantitative estimate of drug-likeness (QED) is 0.164. The second kappa shape index (κ2) is 18.9. The maximum absolute atomic E-state index is 10.8. The van der Waals surface area contributed by atoms with Gasteiger partial charge in [0.2, 0.25) is 0 Å². The molecule has 172 valence electrons. The molecule has 2 N–H and O–H groups in total. The van der Waals surface area contributed by atoms with Gasteiger partial charge in [0.15, 0.2) is 0 Å². The minimum absolute atomic E-state index is 0.153. The summed E-state index contributed by atoms with van der Waals surface area (Å²) >= 11 is 0.238. The fourth-order valence-electron chi connectivity index (χ4n) is 3.84. The normalized spacial score (nSPS) is 13.3. The molecule has 0 aromatic heterocycles. The molecule has 0 aliphatic heterocycles. The third kappa shape index (κ3) is 15.0. The van der Waals surface area contributed by atoms with Crippen LogP contribution in [0.2, 0.25) is 4.82 Å². The third-order valence-electron chi connectivity index (χ3n) is 5.69. The standard InChI is InChI=1S/C26H44O3Se/c1-2-3-4-5-6-7-8-9-10-11-12-16-21-25(24(27)20-17-22-26(28)29)30-23-18-14-13-15-19-23/h13-15,18-19,24-25,27H,2-12,16-17,20-22H2,1H3,(H,28,29). The Bertz CT molecular complexity index is 520. The molecule has 0 fully saturated rings. The Morgan fingerprint density at radius 1 is 0.800 bits per heavy atom. The van der Waals surface area contributed by atoms with Crippen molar-refractivity contribution in [2.45, 2.75) is 121 Å². The Labute approximate surface area is 191 Å². The minimum atomic E-state index is -0.770. The van der Waals surface area contributed by atoms with Crippen LogP contribution in [0.3, 0.4) is 0 Å². The molecular formula is C26H44O3Se. The van der Waals surface area contributed by atoms with E-state index in [4.69, 9.17) is 5.11 Å². The molecule has 2 unspecified atom stereocenters. The summed E-state index contributed by atoms with van der Waals surface area (Å²) in [6.07, 6.45) is 18.1. The van der Waals surface area contributed by atoms with Gasteiger partial charge in [-0.15, -0.1) is 0 Å². The van der Waals surface area contributed by atoms with Crippen LogP contribution < -0.4 is 4.46 Å². The number of hydrogen-bond acceptors (Lipinski definition) is 2. The zero-order chi connectivity index (χ0) is 21.9. The van der Waals surface area contributed by atoms with Gasteiger partial charge < -0.3 is 0 Å². The molecule has 0 aliphatic carbocycles. The first-order valence-corrected chi connectivity index (χ1v) is 14.1. The van der Waals surface area contributed by atoms with Crippen LogP contribution in [0, 0.1) is 0 Å². The summed E-state index contributed by atoms with van der Waals surface area (Å²) in [6, 6.07) is 10.5. The van der Waals surface area contributed by atoms with E-state index >= 15 is 0 Å². The Morgan fingerprint density at radius 3 is 1.87 bits per heavy atom. The van der Waals surface area contributed by atoms with Crippen LogP contribution in [0.25, 0.3) is 0 Å². The van der Waals surface area contributed by atoms with E-state index in [1.807, 2.05) is 6.07 Å². The number of carbonyl (C=O) groups is 1. The predicted molar refractivity (Wildman–Crippen MR) is 129 cm³/mol. The van der Waals surface area contributed by atoms with Gasteiger partial charge in [0, 0.05) is 0 Å². The van der Waals surface area contributed by atoms with Crippen molar-refractivity contribution in [2.75, 3.05) is 0 Å². The van der Waals surface area contributed by atoms with E-state index in [2.05, 4.69) is 31.2 Å². The number of rotatable bonds is 20. The molecule has 2 atom stereocenters. The van der Waals surface area contributed by atoms with Gasteiger partial charge in [0.25, 0.3) is 0 Å². The molecule has 1 aromatic carbocycles. The summed E-state index contributed by atoms with van der Waals surface area (Å²) in [5, 5.41) is 19.5. The van der Waals surface area contributed by atoms with Crippen molar-refractivity contribution in [3.05, 3.63) is 30.3 Å². The topological polar surface area (TPSA) is 57.5 Å². The van der Waals surface area contributed by atoms with E-state index in [0.717, 1.165) is 6.42 Å². The Kier molecular flexibility index (Phi) is 17.1. The number of aliphatic carboxylic acids is 1. The predicted octanol–water partition coefficient (Wildman–Crippen LogP) is 6.51. The van der Waals surface area contributed by atoms with Crippen LogP contribution >= 0.6 is 0 Å². The molecular weight excluding hydrogens is 439 g/mol. The Morgan fingerprint density at radius 2 is 1.33 bits per heavy atom. The second-order valence-corrected chi connectivity index (χ2v) is 11.3. The van der Waals surface area contributed by atoms with E-state index in [0.29, 0.717) is 12.8 Å². The first kappa shape index (κ1) is 27.2. The van der Waals surface area contributed by atoms with Crippen LogP contribution in [0.5, 0.6) is 0 Å². The molecule has 0 bridgehead atoms. The van der Waals surface area contributed by atoms with Crippen molar-refractivity contribution in [1.29, 1.82) is 0 Å². The first-order valence-electron chi connectivity index (χ1n) is 12.2. The van der Waals surface area contributed by atoms with Gasteiger partial charge in [-0.1, -0.05) is 19.8 Å². The van der Waals surface area contributed by atoms with E-state index in [1.165, 1.54) is 81.5 Å². The average molecular weight is 484 g/mol. The molecule has 3 nitrogen and oxygen atoms in total. The molecule has 30 heavy (non-hydrogen) atoms. The fraction of sp³-hybridized carbons (Fsp3) is 0.731. The summed E-state index contributed by atoms with van der Waals surface area (Å²) in [5.74, 6) is -0.770. The van der Waals surface area contributed by atoms with Crippen molar-refractivity contribution >= 4 is 25.4 Å². The Balaban J connectivity index is 2.20. The van der Waals surface area contributed by atoms with E-state index in [9.17, 15) is 9.90 Å². The fourth-order valence-corrected chi connectivity index (χ4v) is 6.44. The van der Waals surface area contributed by atoms with E-state index < -0.39 is 5.97 Å². The van der Waals surface area contributed by atoms with Crippen LogP contribution in [0.1, 0.15) is 110 Å². The first-order chi connectivity index (χ1) is 14.6. The van der Waals surface area contributed by atoms with Gasteiger partial charge in [-0.05, 0) is 0 Å². The van der Waals surface area contributed by atoms with Crippen LogP contribution in [-0.4, -0.2) is 37.2 Å². The summed E-state index contributed by atoms with van der Waals surface area (Å²) in [7, 11) is 0. The molecule has 0 radical (unpaired) electrons. The molecule has 0 aliphatic rings. The molecule has 4 heteroatoms. The number of carboxylic acid groups (broad SMARTS) is 1. The number of unbranched alkanes of at least 4 members (excludes halogenated alkanes) is 11. The van der Waals surface area contributed by atoms with Crippen molar-refractivity contribution in [2.24, 2.45) is 0 Å². The number of aliphatic hydroxyl groups is 1.